The molecular formula is C5H3IN2O3. The molecule has 0 amide bonds. The van der Waals surface area contributed by atoms with Gasteiger partial charge in [-0.15, -0.1) is 0 Å². The summed E-state index contributed by atoms with van der Waals surface area (Å²) < 4.78 is -0.375. The second-order valence-electron chi connectivity index (χ2n) is 1.68. The van der Waals surface area contributed by atoms with Gasteiger partial charge in [-0.2, -0.15) is 4.98 Å². The monoisotopic (exact) mass is 266 g/mol. The quantitative estimate of drug-likeness (QED) is 0.570. The SMILES string of the molecule is O=C(I)c1cnc(O)nc1O. The van der Waals surface area contributed by atoms with Crippen molar-refractivity contribution in [1.82, 2.24) is 9.97 Å². The third-order valence-corrected chi connectivity index (χ3v) is 1.55. The summed E-state index contributed by atoms with van der Waals surface area (Å²) in [5.74, 6) is -0.503. The molecule has 0 bridgehead atoms. The first-order valence-corrected chi connectivity index (χ1v) is 3.64. The first-order chi connectivity index (χ1) is 5.11. The van der Waals surface area contributed by atoms with Gasteiger partial charge in [0.25, 0.3) is 0 Å². The first-order valence-electron chi connectivity index (χ1n) is 2.56. The van der Waals surface area contributed by atoms with Gasteiger partial charge in [0.2, 0.25) is 9.67 Å². The lowest BCUT2D eigenvalue weighted by molar-refractivity contribution is 0.110. The molecule has 0 unspecified atom stereocenters. The highest BCUT2D eigenvalue weighted by Gasteiger charge is 2.09. The first kappa shape index (κ1) is 8.18. The van der Waals surface area contributed by atoms with Gasteiger partial charge in [-0.3, -0.25) is 4.79 Å². The van der Waals surface area contributed by atoms with E-state index in [0.29, 0.717) is 0 Å². The maximum Gasteiger partial charge on any atom is 0.317 e. The highest BCUT2D eigenvalue weighted by atomic mass is 127. The Morgan fingerprint density at radius 1 is 1.55 bits per heavy atom. The van der Waals surface area contributed by atoms with Crippen molar-refractivity contribution >= 4 is 26.4 Å². The zero-order valence-corrected chi connectivity index (χ0v) is 7.31. The molecule has 0 radical (unpaired) electrons. The van der Waals surface area contributed by atoms with Crippen LogP contribution in [0, 0.1) is 0 Å². The van der Waals surface area contributed by atoms with E-state index in [-0.39, 0.29) is 9.35 Å². The molecule has 0 aliphatic rings. The number of nitrogens with zero attached hydrogens (tertiary/aromatic N) is 2. The highest BCUT2D eigenvalue weighted by Crippen LogP contribution is 2.17. The second kappa shape index (κ2) is 2.99. The van der Waals surface area contributed by atoms with Crippen LogP contribution in [0.2, 0.25) is 0 Å². The Bertz CT molecular complexity index is 302. The molecule has 6 heteroatoms. The molecule has 11 heavy (non-hydrogen) atoms. The molecule has 0 atom stereocenters. The summed E-state index contributed by atoms with van der Waals surface area (Å²) in [6.45, 7) is 0. The standard InChI is InChI=1S/C5H3IN2O3/c6-3(9)2-1-7-5(11)8-4(2)10/h1H,(H2,7,8,10,11). The van der Waals surface area contributed by atoms with Crippen LogP contribution in [0.15, 0.2) is 6.20 Å². The van der Waals surface area contributed by atoms with Crippen molar-refractivity contribution in [2.45, 2.75) is 0 Å². The summed E-state index contributed by atoms with van der Waals surface area (Å²) in [6.07, 6.45) is 1.06. The minimum Gasteiger partial charge on any atom is -0.493 e. The van der Waals surface area contributed by atoms with E-state index in [2.05, 4.69) is 9.97 Å². The third kappa shape index (κ3) is 1.76. The maximum atomic E-state index is 10.6. The van der Waals surface area contributed by atoms with Crippen LogP contribution in [-0.2, 0) is 0 Å². The van der Waals surface area contributed by atoms with Gasteiger partial charge in [-0.05, 0) is 0 Å². The topological polar surface area (TPSA) is 83.3 Å². The third-order valence-electron chi connectivity index (χ3n) is 0.968. The molecule has 1 aromatic heterocycles. The van der Waals surface area contributed by atoms with Crippen LogP contribution >= 0.6 is 22.6 Å². The molecule has 0 aliphatic carbocycles. The lowest BCUT2D eigenvalue weighted by Crippen LogP contribution is -1.92. The number of aromatic nitrogens is 2. The summed E-state index contributed by atoms with van der Waals surface area (Å²) in [7, 11) is 0. The number of halogens is 1. The van der Waals surface area contributed by atoms with Crippen LogP contribution in [0.1, 0.15) is 10.4 Å². The Hall–Kier alpha value is -0.920. The van der Waals surface area contributed by atoms with Crippen molar-refractivity contribution in [3.05, 3.63) is 11.8 Å². The van der Waals surface area contributed by atoms with Gasteiger partial charge in [-0.1, -0.05) is 0 Å². The summed E-state index contributed by atoms with van der Waals surface area (Å²) >= 11 is 1.49. The smallest absolute Gasteiger partial charge is 0.317 e. The zero-order valence-electron chi connectivity index (χ0n) is 5.15. The summed E-state index contributed by atoms with van der Waals surface area (Å²) in [5.41, 5.74) is -0.0107. The molecule has 2 N–H and O–H groups in total. The Labute approximate surface area is 75.2 Å². The summed E-state index contributed by atoms with van der Waals surface area (Å²) in [6, 6.07) is -0.552. The molecule has 0 saturated carbocycles. The molecule has 0 aromatic carbocycles. The van der Waals surface area contributed by atoms with Gasteiger partial charge in [0.15, 0.2) is 0 Å². The lowest BCUT2D eigenvalue weighted by atomic mass is 10.4. The van der Waals surface area contributed by atoms with E-state index in [9.17, 15) is 4.79 Å². The summed E-state index contributed by atoms with van der Waals surface area (Å²) in [4.78, 5) is 17.1. The molecular weight excluding hydrogens is 263 g/mol. The number of hydrogen-bond acceptors (Lipinski definition) is 5. The number of aromatic hydroxyl groups is 2. The molecule has 1 rings (SSSR count). The average molecular weight is 266 g/mol. The van der Waals surface area contributed by atoms with E-state index >= 15 is 0 Å². The molecule has 1 heterocycles. The van der Waals surface area contributed by atoms with Gasteiger partial charge in [0.1, 0.15) is 5.56 Å². The zero-order chi connectivity index (χ0) is 8.43. The van der Waals surface area contributed by atoms with Crippen molar-refractivity contribution in [3.63, 3.8) is 0 Å². The van der Waals surface area contributed by atoms with Crippen LogP contribution in [0.5, 0.6) is 11.9 Å². The van der Waals surface area contributed by atoms with Crippen molar-refractivity contribution < 1.29 is 15.0 Å². The van der Waals surface area contributed by atoms with Crippen LogP contribution in [0.4, 0.5) is 0 Å². The van der Waals surface area contributed by atoms with Crippen molar-refractivity contribution in [1.29, 1.82) is 0 Å². The molecule has 5 nitrogen and oxygen atoms in total. The van der Waals surface area contributed by atoms with E-state index in [1.54, 1.807) is 0 Å². The van der Waals surface area contributed by atoms with Crippen molar-refractivity contribution in [2.24, 2.45) is 0 Å². The number of carbonyl (C=O) groups is 1. The van der Waals surface area contributed by atoms with Gasteiger partial charge < -0.3 is 10.2 Å². The molecule has 58 valence electrons. The molecule has 0 aliphatic heterocycles. The Balaban J connectivity index is 3.20. The fraction of sp³-hybridized carbons (Fsp3) is 0. The second-order valence-corrected chi connectivity index (χ2v) is 2.66. The Morgan fingerprint density at radius 2 is 2.18 bits per heavy atom. The molecule has 0 fully saturated rings. The van der Waals surface area contributed by atoms with Crippen molar-refractivity contribution in [3.8, 4) is 11.9 Å². The normalized spacial score (nSPS) is 9.55. The van der Waals surface area contributed by atoms with Gasteiger partial charge >= 0.3 is 6.01 Å². The largest absolute Gasteiger partial charge is 0.493 e. The van der Waals surface area contributed by atoms with Gasteiger partial charge in [0.05, 0.1) is 0 Å². The predicted molar refractivity (Wildman–Crippen MR) is 43.7 cm³/mol. The maximum absolute atomic E-state index is 10.6. The van der Waals surface area contributed by atoms with E-state index in [0.717, 1.165) is 6.20 Å². The Morgan fingerprint density at radius 3 is 2.64 bits per heavy atom. The van der Waals surface area contributed by atoms with Crippen LogP contribution < -0.4 is 0 Å². The molecule has 0 spiro atoms. The van der Waals surface area contributed by atoms with E-state index in [1.165, 1.54) is 22.6 Å². The van der Waals surface area contributed by atoms with Gasteiger partial charge in [-0.25, -0.2) is 4.98 Å². The van der Waals surface area contributed by atoms with Crippen LogP contribution in [0.3, 0.4) is 0 Å². The van der Waals surface area contributed by atoms with E-state index in [1.807, 2.05) is 0 Å². The average Bonchev–Trinajstić information content (AvgIpc) is 1.85. The fourth-order valence-electron chi connectivity index (χ4n) is 0.502. The fourth-order valence-corrected chi connectivity index (χ4v) is 0.883. The van der Waals surface area contributed by atoms with E-state index in [4.69, 9.17) is 10.2 Å². The molecule has 1 aromatic rings. The molecule has 0 saturated heterocycles. The Kier molecular flexibility index (Phi) is 2.22. The lowest BCUT2D eigenvalue weighted by Gasteiger charge is -1.95. The predicted octanol–water partition coefficient (Wildman–Crippen LogP) is 0.463. The number of hydrogen-bond donors (Lipinski definition) is 2. The highest BCUT2D eigenvalue weighted by molar-refractivity contribution is 14.1. The van der Waals surface area contributed by atoms with Crippen LogP contribution in [-0.4, -0.2) is 24.0 Å². The minimum absolute atomic E-state index is 0.0107. The van der Waals surface area contributed by atoms with Gasteiger partial charge in [0, 0.05) is 28.8 Å². The van der Waals surface area contributed by atoms with Crippen LogP contribution in [0.25, 0.3) is 0 Å². The van der Waals surface area contributed by atoms with E-state index < -0.39 is 11.9 Å². The summed E-state index contributed by atoms with van der Waals surface area (Å²) in [5, 5.41) is 17.5. The van der Waals surface area contributed by atoms with Crippen molar-refractivity contribution in [2.75, 3.05) is 0 Å². The number of carbonyl (C=O) groups excluding carboxylic acids is 1. The number of rotatable bonds is 1. The minimum atomic E-state index is -0.552.